The van der Waals surface area contributed by atoms with Crippen LogP contribution >= 0.6 is 0 Å². The van der Waals surface area contributed by atoms with Crippen molar-refractivity contribution in [1.82, 2.24) is 5.32 Å². The molecule has 0 bridgehead atoms. The van der Waals surface area contributed by atoms with Gasteiger partial charge in [0.1, 0.15) is 17.7 Å². The average molecular weight is 265 g/mol. The van der Waals surface area contributed by atoms with E-state index in [4.69, 9.17) is 4.74 Å². The van der Waals surface area contributed by atoms with E-state index in [9.17, 15) is 17.6 Å². The maximum Gasteiger partial charge on any atom is 0.419 e. The van der Waals surface area contributed by atoms with Crippen molar-refractivity contribution in [1.29, 1.82) is 0 Å². The summed E-state index contributed by atoms with van der Waals surface area (Å²) in [6.45, 7) is 2.37. The van der Waals surface area contributed by atoms with Crippen molar-refractivity contribution in [2.45, 2.75) is 25.6 Å². The number of hydrogen-bond acceptors (Lipinski definition) is 2. The molecule has 0 heterocycles. The van der Waals surface area contributed by atoms with Crippen LogP contribution in [0.1, 0.15) is 18.9 Å². The molecule has 0 saturated heterocycles. The van der Waals surface area contributed by atoms with Crippen LogP contribution in [0.25, 0.3) is 0 Å². The lowest BCUT2D eigenvalue weighted by Crippen LogP contribution is -2.28. The van der Waals surface area contributed by atoms with Crippen molar-refractivity contribution in [3.05, 3.63) is 29.6 Å². The van der Waals surface area contributed by atoms with Gasteiger partial charge in [0.25, 0.3) is 0 Å². The second kappa shape index (κ2) is 6.04. The van der Waals surface area contributed by atoms with Crippen molar-refractivity contribution in [3.8, 4) is 5.75 Å². The molecule has 6 heteroatoms. The summed E-state index contributed by atoms with van der Waals surface area (Å²) in [5.41, 5.74) is -1.31. The van der Waals surface area contributed by atoms with Crippen LogP contribution in [-0.4, -0.2) is 19.7 Å². The van der Waals surface area contributed by atoms with Crippen molar-refractivity contribution in [2.75, 3.05) is 13.6 Å². The minimum Gasteiger partial charge on any atom is -0.489 e. The molecule has 1 aromatic rings. The summed E-state index contributed by atoms with van der Waals surface area (Å²) in [6, 6.07) is 2.65. The van der Waals surface area contributed by atoms with Crippen molar-refractivity contribution in [2.24, 2.45) is 0 Å². The fourth-order valence-electron chi connectivity index (χ4n) is 1.48. The standard InChI is InChI=1S/C12H15F4NO/c1-3-8(7-17-2)18-9-4-5-11(13)10(6-9)12(14,15)16/h4-6,8,17H,3,7H2,1-2H3. The Labute approximate surface area is 103 Å². The van der Waals surface area contributed by atoms with Gasteiger partial charge in [0, 0.05) is 6.54 Å². The van der Waals surface area contributed by atoms with E-state index in [0.717, 1.165) is 6.07 Å². The van der Waals surface area contributed by atoms with E-state index in [1.54, 1.807) is 7.05 Å². The Morgan fingerprint density at radius 2 is 2.00 bits per heavy atom. The Kier molecular flexibility index (Phi) is 4.95. The van der Waals surface area contributed by atoms with Gasteiger partial charge in [-0.3, -0.25) is 0 Å². The van der Waals surface area contributed by atoms with E-state index in [1.807, 2.05) is 6.92 Å². The molecule has 0 fully saturated rings. The molecule has 1 rings (SSSR count). The fourth-order valence-corrected chi connectivity index (χ4v) is 1.48. The SMILES string of the molecule is CCC(CNC)Oc1ccc(F)c(C(F)(F)F)c1. The van der Waals surface area contributed by atoms with E-state index >= 15 is 0 Å². The minimum atomic E-state index is -4.71. The van der Waals surface area contributed by atoms with Crippen LogP contribution in [-0.2, 0) is 6.18 Å². The molecule has 0 aliphatic carbocycles. The van der Waals surface area contributed by atoms with Gasteiger partial charge >= 0.3 is 6.18 Å². The Balaban J connectivity index is 2.91. The molecular weight excluding hydrogens is 250 g/mol. The van der Waals surface area contributed by atoms with Crippen molar-refractivity contribution in [3.63, 3.8) is 0 Å². The van der Waals surface area contributed by atoms with Crippen LogP contribution in [0.5, 0.6) is 5.75 Å². The van der Waals surface area contributed by atoms with Crippen LogP contribution in [0.2, 0.25) is 0 Å². The molecule has 1 unspecified atom stereocenters. The lowest BCUT2D eigenvalue weighted by molar-refractivity contribution is -0.140. The highest BCUT2D eigenvalue weighted by atomic mass is 19.4. The topological polar surface area (TPSA) is 21.3 Å². The van der Waals surface area contributed by atoms with Crippen LogP contribution < -0.4 is 10.1 Å². The first kappa shape index (κ1) is 14.8. The molecule has 0 saturated carbocycles. The Morgan fingerprint density at radius 3 is 2.50 bits per heavy atom. The number of rotatable bonds is 5. The molecule has 1 atom stereocenters. The molecule has 2 nitrogen and oxygen atoms in total. The zero-order valence-electron chi connectivity index (χ0n) is 10.1. The molecule has 0 aromatic heterocycles. The maximum absolute atomic E-state index is 13.0. The van der Waals surface area contributed by atoms with Crippen molar-refractivity contribution >= 4 is 0 Å². The fraction of sp³-hybridized carbons (Fsp3) is 0.500. The van der Waals surface area contributed by atoms with Crippen LogP contribution in [0.4, 0.5) is 17.6 Å². The Morgan fingerprint density at radius 1 is 1.33 bits per heavy atom. The second-order valence-electron chi connectivity index (χ2n) is 3.85. The third-order valence-electron chi connectivity index (χ3n) is 2.43. The molecule has 0 aliphatic rings. The lowest BCUT2D eigenvalue weighted by Gasteiger charge is -2.18. The summed E-state index contributed by atoms with van der Waals surface area (Å²) in [5.74, 6) is -1.28. The monoisotopic (exact) mass is 265 g/mol. The first-order valence-corrected chi connectivity index (χ1v) is 5.56. The number of likely N-dealkylation sites (N-methyl/N-ethyl adjacent to an activating group) is 1. The van der Waals surface area contributed by atoms with Crippen LogP contribution in [0.15, 0.2) is 18.2 Å². The molecule has 1 N–H and O–H groups in total. The largest absolute Gasteiger partial charge is 0.489 e. The van der Waals surface area contributed by atoms with E-state index in [1.165, 1.54) is 6.07 Å². The maximum atomic E-state index is 13.0. The number of benzene rings is 1. The summed E-state index contributed by atoms with van der Waals surface area (Å²) < 4.78 is 55.9. The smallest absolute Gasteiger partial charge is 0.419 e. The van der Waals surface area contributed by atoms with Gasteiger partial charge in [-0.2, -0.15) is 13.2 Å². The van der Waals surface area contributed by atoms with Gasteiger partial charge in [0.2, 0.25) is 0 Å². The second-order valence-corrected chi connectivity index (χ2v) is 3.85. The third kappa shape index (κ3) is 3.87. The van der Waals surface area contributed by atoms with Crippen molar-refractivity contribution < 1.29 is 22.3 Å². The number of nitrogens with one attached hydrogen (secondary N) is 1. The van der Waals surface area contributed by atoms with Gasteiger partial charge in [-0.05, 0) is 31.7 Å². The van der Waals surface area contributed by atoms with Crippen LogP contribution in [0.3, 0.4) is 0 Å². The number of ether oxygens (including phenoxy) is 1. The zero-order valence-corrected chi connectivity index (χ0v) is 10.1. The van der Waals surface area contributed by atoms with Gasteiger partial charge in [-0.1, -0.05) is 6.92 Å². The van der Waals surface area contributed by atoms with Gasteiger partial charge < -0.3 is 10.1 Å². The van der Waals surface area contributed by atoms with E-state index in [0.29, 0.717) is 19.0 Å². The first-order valence-electron chi connectivity index (χ1n) is 5.56. The van der Waals surface area contributed by atoms with Gasteiger partial charge in [-0.25, -0.2) is 4.39 Å². The highest BCUT2D eigenvalue weighted by Crippen LogP contribution is 2.33. The summed E-state index contributed by atoms with van der Waals surface area (Å²) in [5, 5.41) is 2.87. The van der Waals surface area contributed by atoms with Gasteiger partial charge in [-0.15, -0.1) is 0 Å². The highest BCUT2D eigenvalue weighted by molar-refractivity contribution is 5.31. The molecule has 102 valence electrons. The molecule has 0 radical (unpaired) electrons. The Bertz CT molecular complexity index is 392. The molecule has 0 amide bonds. The lowest BCUT2D eigenvalue weighted by atomic mass is 10.2. The molecule has 0 spiro atoms. The summed E-state index contributed by atoms with van der Waals surface area (Å²) in [6.07, 6.45) is -4.32. The van der Waals surface area contributed by atoms with E-state index in [2.05, 4.69) is 5.32 Å². The van der Waals surface area contributed by atoms with E-state index < -0.39 is 17.6 Å². The Hall–Kier alpha value is -1.30. The molecule has 0 aliphatic heterocycles. The van der Waals surface area contributed by atoms with Gasteiger partial charge in [0.05, 0.1) is 5.56 Å². The quantitative estimate of drug-likeness (QED) is 0.825. The van der Waals surface area contributed by atoms with E-state index in [-0.39, 0.29) is 11.9 Å². The molecule has 1 aromatic carbocycles. The van der Waals surface area contributed by atoms with Crippen LogP contribution in [0, 0.1) is 5.82 Å². The molecule has 18 heavy (non-hydrogen) atoms. The summed E-state index contributed by atoms with van der Waals surface area (Å²) in [4.78, 5) is 0. The number of halogens is 4. The predicted octanol–water partition coefficient (Wildman–Crippen LogP) is 3.22. The predicted molar refractivity (Wildman–Crippen MR) is 60.0 cm³/mol. The number of hydrogen-bond donors (Lipinski definition) is 1. The normalized spacial score (nSPS) is 13.4. The minimum absolute atomic E-state index is 0.0193. The zero-order chi connectivity index (χ0) is 13.8. The van der Waals surface area contributed by atoms with Gasteiger partial charge in [0.15, 0.2) is 0 Å². The third-order valence-corrected chi connectivity index (χ3v) is 2.43. The number of alkyl halides is 3. The summed E-state index contributed by atoms with van der Waals surface area (Å²) in [7, 11) is 1.72. The highest BCUT2D eigenvalue weighted by Gasteiger charge is 2.34. The first-order chi connectivity index (χ1) is 8.38. The average Bonchev–Trinajstić information content (AvgIpc) is 2.29. The molecular formula is C12H15F4NO. The summed E-state index contributed by atoms with van der Waals surface area (Å²) >= 11 is 0.